The molecular weight excluding hydrogens is 239 g/mol. The molecule has 0 aliphatic carbocycles. The first-order valence-corrected chi connectivity index (χ1v) is 4.92. The van der Waals surface area contributed by atoms with Crippen molar-refractivity contribution in [3.05, 3.63) is 42.0 Å². The third-order valence-corrected chi connectivity index (χ3v) is 2.07. The van der Waals surface area contributed by atoms with Crippen LogP contribution in [0, 0.1) is 5.82 Å². The molecule has 92 valence electrons. The molecule has 0 saturated heterocycles. The van der Waals surface area contributed by atoms with Gasteiger partial charge in [-0.15, -0.1) is 0 Å². The van der Waals surface area contributed by atoms with E-state index >= 15 is 0 Å². The van der Waals surface area contributed by atoms with Crippen molar-refractivity contribution < 1.29 is 13.9 Å². The number of carbonyl (C=O) groups is 1. The average molecular weight is 248 g/mol. The predicted molar refractivity (Wildman–Crippen MR) is 61.4 cm³/mol. The summed E-state index contributed by atoms with van der Waals surface area (Å²) in [6, 6.07) is 5.14. The minimum atomic E-state index is -0.703. The van der Waals surface area contributed by atoms with Gasteiger partial charge in [0.25, 0.3) is 5.91 Å². The minimum Gasteiger partial charge on any atom is -0.424 e. The summed E-state index contributed by atoms with van der Waals surface area (Å²) < 4.78 is 18.3. The number of hydrogen-bond donors (Lipinski definition) is 2. The van der Waals surface area contributed by atoms with E-state index in [-0.39, 0.29) is 23.1 Å². The van der Waals surface area contributed by atoms with Crippen LogP contribution < -0.4 is 16.2 Å². The second-order valence-corrected chi connectivity index (χ2v) is 3.37. The molecule has 2 aromatic rings. The Labute approximate surface area is 101 Å². The number of hydrogen-bond acceptors (Lipinski definition) is 5. The van der Waals surface area contributed by atoms with Crippen molar-refractivity contribution in [2.24, 2.45) is 5.73 Å². The van der Waals surface area contributed by atoms with Crippen LogP contribution in [0.1, 0.15) is 10.5 Å². The Bertz CT molecular complexity index is 603. The maximum Gasteiger partial charge on any atom is 0.322 e. The van der Waals surface area contributed by atoms with Crippen LogP contribution in [0.3, 0.4) is 0 Å². The highest BCUT2D eigenvalue weighted by Gasteiger charge is 2.07. The van der Waals surface area contributed by atoms with Gasteiger partial charge >= 0.3 is 6.01 Å². The van der Waals surface area contributed by atoms with Crippen molar-refractivity contribution in [3.63, 3.8) is 0 Å². The van der Waals surface area contributed by atoms with Crippen LogP contribution >= 0.6 is 0 Å². The van der Waals surface area contributed by atoms with Crippen LogP contribution in [0.2, 0.25) is 0 Å². The highest BCUT2D eigenvalue weighted by molar-refractivity contribution is 5.90. The van der Waals surface area contributed by atoms with E-state index < -0.39 is 11.7 Å². The third kappa shape index (κ3) is 2.51. The number of carbonyl (C=O) groups excluding carboxylic acids is 1. The van der Waals surface area contributed by atoms with Crippen molar-refractivity contribution in [1.29, 1.82) is 0 Å². The fourth-order valence-corrected chi connectivity index (χ4v) is 1.20. The Morgan fingerprint density at radius 3 is 2.78 bits per heavy atom. The number of ether oxygens (including phenoxy) is 1. The van der Waals surface area contributed by atoms with Crippen LogP contribution in [-0.2, 0) is 0 Å². The Balaban J connectivity index is 2.25. The Morgan fingerprint density at radius 2 is 2.11 bits per heavy atom. The number of amides is 1. The maximum absolute atomic E-state index is 13.2. The van der Waals surface area contributed by atoms with Crippen molar-refractivity contribution in [3.8, 4) is 11.8 Å². The van der Waals surface area contributed by atoms with Gasteiger partial charge in [0.1, 0.15) is 17.3 Å². The maximum atomic E-state index is 13.2. The van der Waals surface area contributed by atoms with E-state index in [1.165, 1.54) is 24.4 Å². The standard InChI is InChI=1S/C11H9FN4O2/c12-7-5-6(1-2-8(7)13)18-11-15-4-3-9(16-11)10(14)17/h1-5H,13H2,(H2,14,17). The number of rotatable bonds is 3. The van der Waals surface area contributed by atoms with Crippen LogP contribution in [-0.4, -0.2) is 15.9 Å². The van der Waals surface area contributed by atoms with Crippen molar-refractivity contribution in [1.82, 2.24) is 9.97 Å². The average Bonchev–Trinajstić information content (AvgIpc) is 2.34. The lowest BCUT2D eigenvalue weighted by Gasteiger charge is -2.05. The highest BCUT2D eigenvalue weighted by atomic mass is 19.1. The van der Waals surface area contributed by atoms with E-state index in [4.69, 9.17) is 16.2 Å². The number of nitrogen functional groups attached to an aromatic ring is 1. The first-order valence-electron chi connectivity index (χ1n) is 4.92. The van der Waals surface area contributed by atoms with Gasteiger partial charge in [-0.05, 0) is 18.2 Å². The van der Waals surface area contributed by atoms with Crippen molar-refractivity contribution >= 4 is 11.6 Å². The van der Waals surface area contributed by atoms with Gasteiger partial charge in [0.2, 0.25) is 0 Å². The molecule has 4 N–H and O–H groups in total. The zero-order valence-electron chi connectivity index (χ0n) is 9.13. The molecule has 1 amide bonds. The number of benzene rings is 1. The molecule has 1 aromatic carbocycles. The smallest absolute Gasteiger partial charge is 0.322 e. The molecule has 18 heavy (non-hydrogen) atoms. The summed E-state index contributed by atoms with van der Waals surface area (Å²) >= 11 is 0. The number of nitrogens with zero attached hydrogens (tertiary/aromatic N) is 2. The first-order chi connectivity index (χ1) is 8.56. The van der Waals surface area contributed by atoms with E-state index in [0.29, 0.717) is 0 Å². The molecule has 1 aromatic heterocycles. The lowest BCUT2D eigenvalue weighted by molar-refractivity contribution is 0.0994. The zero-order chi connectivity index (χ0) is 13.1. The number of anilines is 1. The van der Waals surface area contributed by atoms with Gasteiger partial charge < -0.3 is 16.2 Å². The monoisotopic (exact) mass is 248 g/mol. The Kier molecular flexibility index (Phi) is 3.05. The molecule has 6 nitrogen and oxygen atoms in total. The van der Waals surface area contributed by atoms with Gasteiger partial charge in [0.05, 0.1) is 5.69 Å². The summed E-state index contributed by atoms with van der Waals surface area (Å²) in [7, 11) is 0. The second kappa shape index (κ2) is 4.66. The van der Waals surface area contributed by atoms with Gasteiger partial charge in [-0.25, -0.2) is 9.37 Å². The highest BCUT2D eigenvalue weighted by Crippen LogP contribution is 2.21. The van der Waals surface area contributed by atoms with Gasteiger partial charge in [0.15, 0.2) is 0 Å². The summed E-state index contributed by atoms with van der Waals surface area (Å²) in [5.74, 6) is -1.15. The summed E-state index contributed by atoms with van der Waals surface area (Å²) in [6.07, 6.45) is 1.32. The summed E-state index contributed by atoms with van der Waals surface area (Å²) in [5.41, 5.74) is 10.4. The second-order valence-electron chi connectivity index (χ2n) is 3.37. The zero-order valence-corrected chi connectivity index (χ0v) is 9.13. The molecule has 0 fully saturated rings. The van der Waals surface area contributed by atoms with Crippen LogP contribution in [0.25, 0.3) is 0 Å². The number of halogens is 1. The molecular formula is C11H9FN4O2. The molecule has 0 atom stereocenters. The molecule has 7 heteroatoms. The van der Waals surface area contributed by atoms with Crippen molar-refractivity contribution in [2.45, 2.75) is 0 Å². The normalized spacial score (nSPS) is 10.1. The summed E-state index contributed by atoms with van der Waals surface area (Å²) in [4.78, 5) is 18.4. The molecule has 0 aliphatic heterocycles. The number of aromatic nitrogens is 2. The van der Waals surface area contributed by atoms with E-state index in [2.05, 4.69) is 9.97 Å². The van der Waals surface area contributed by atoms with Crippen LogP contribution in [0.5, 0.6) is 11.8 Å². The molecule has 0 saturated carbocycles. The van der Waals surface area contributed by atoms with E-state index in [0.717, 1.165) is 6.07 Å². The van der Waals surface area contributed by atoms with E-state index in [1.54, 1.807) is 0 Å². The largest absolute Gasteiger partial charge is 0.424 e. The lowest BCUT2D eigenvalue weighted by atomic mass is 10.3. The molecule has 1 heterocycles. The Hall–Kier alpha value is -2.70. The van der Waals surface area contributed by atoms with Crippen LogP contribution in [0.4, 0.5) is 10.1 Å². The van der Waals surface area contributed by atoms with E-state index in [1.807, 2.05) is 0 Å². The SMILES string of the molecule is NC(=O)c1ccnc(Oc2ccc(N)c(F)c2)n1. The fourth-order valence-electron chi connectivity index (χ4n) is 1.20. The third-order valence-electron chi connectivity index (χ3n) is 2.07. The topological polar surface area (TPSA) is 104 Å². The fraction of sp³-hybridized carbons (Fsp3) is 0. The molecule has 0 unspecified atom stereocenters. The Morgan fingerprint density at radius 1 is 1.33 bits per heavy atom. The number of nitrogens with two attached hydrogens (primary N) is 2. The molecule has 0 aliphatic rings. The quantitative estimate of drug-likeness (QED) is 0.791. The van der Waals surface area contributed by atoms with Gasteiger partial charge in [-0.2, -0.15) is 4.98 Å². The van der Waals surface area contributed by atoms with Crippen molar-refractivity contribution in [2.75, 3.05) is 5.73 Å². The van der Waals surface area contributed by atoms with Gasteiger partial charge in [-0.1, -0.05) is 0 Å². The molecule has 0 spiro atoms. The molecule has 2 rings (SSSR count). The molecule has 0 radical (unpaired) electrons. The number of primary amides is 1. The molecule has 0 bridgehead atoms. The minimum absolute atomic E-state index is 0.00848. The first kappa shape index (κ1) is 11.8. The van der Waals surface area contributed by atoms with Gasteiger partial charge in [0, 0.05) is 12.3 Å². The van der Waals surface area contributed by atoms with Gasteiger partial charge in [-0.3, -0.25) is 4.79 Å². The predicted octanol–water partition coefficient (Wildman–Crippen LogP) is 1.09. The lowest BCUT2D eigenvalue weighted by Crippen LogP contribution is -2.13. The summed E-state index contributed by atoms with van der Waals surface area (Å²) in [5, 5.41) is 0. The van der Waals surface area contributed by atoms with E-state index in [9.17, 15) is 9.18 Å². The van der Waals surface area contributed by atoms with Crippen LogP contribution in [0.15, 0.2) is 30.5 Å². The summed E-state index contributed by atoms with van der Waals surface area (Å²) in [6.45, 7) is 0.